The van der Waals surface area contributed by atoms with E-state index in [9.17, 15) is 18.0 Å². The Morgan fingerprint density at radius 3 is 2.57 bits per heavy atom. The van der Waals surface area contributed by atoms with Crippen molar-refractivity contribution in [1.29, 1.82) is 0 Å². The minimum Gasteiger partial charge on any atom is -0.357 e. The minimum atomic E-state index is -3.77. The Morgan fingerprint density at radius 2 is 1.86 bits per heavy atom. The van der Waals surface area contributed by atoms with Crippen molar-refractivity contribution in [3.63, 3.8) is 0 Å². The first-order valence-electron chi connectivity index (χ1n) is 9.04. The molecule has 1 aliphatic rings. The maximum atomic E-state index is 12.9. The van der Waals surface area contributed by atoms with Crippen molar-refractivity contribution in [3.05, 3.63) is 59.7 Å². The summed E-state index contributed by atoms with van der Waals surface area (Å²) in [6, 6.07) is 12.5. The molecule has 1 unspecified atom stereocenters. The molecule has 1 fully saturated rings. The van der Waals surface area contributed by atoms with Gasteiger partial charge in [0.1, 0.15) is 6.04 Å². The summed E-state index contributed by atoms with van der Waals surface area (Å²) >= 11 is 0. The van der Waals surface area contributed by atoms with E-state index < -0.39 is 16.1 Å². The molecule has 2 aromatic rings. The number of nitrogens with one attached hydrogen (secondary N) is 2. The maximum absolute atomic E-state index is 12.9. The molecular formula is C20H23N3O4S. The van der Waals surface area contributed by atoms with Crippen molar-refractivity contribution in [2.45, 2.75) is 30.7 Å². The van der Waals surface area contributed by atoms with E-state index in [-0.39, 0.29) is 16.7 Å². The maximum Gasteiger partial charge on any atom is 0.262 e. The van der Waals surface area contributed by atoms with Gasteiger partial charge in [-0.2, -0.15) is 0 Å². The number of aryl methyl sites for hydroxylation is 1. The zero-order chi connectivity index (χ0) is 20.3. The molecule has 0 spiro atoms. The fraction of sp³-hybridized carbons (Fsp3) is 0.300. The third kappa shape index (κ3) is 4.01. The highest BCUT2D eigenvalue weighted by molar-refractivity contribution is 7.92. The van der Waals surface area contributed by atoms with Crippen LogP contribution in [-0.2, 0) is 14.8 Å². The molecule has 2 aromatic carbocycles. The number of sulfonamides is 1. The topological polar surface area (TPSA) is 95.6 Å². The van der Waals surface area contributed by atoms with Crippen LogP contribution in [0, 0.1) is 6.92 Å². The minimum absolute atomic E-state index is 0.186. The molecule has 0 aromatic heterocycles. The summed E-state index contributed by atoms with van der Waals surface area (Å²) < 4.78 is 27.9. The Balaban J connectivity index is 1.84. The molecule has 0 saturated carbocycles. The van der Waals surface area contributed by atoms with Crippen LogP contribution in [0.1, 0.15) is 28.8 Å². The molecule has 28 heavy (non-hydrogen) atoms. The number of likely N-dealkylation sites (N-methyl/N-ethyl adjacent to an activating group) is 1. The van der Waals surface area contributed by atoms with Crippen molar-refractivity contribution in [2.24, 2.45) is 0 Å². The number of nitrogens with zero attached hydrogens (tertiary/aromatic N) is 1. The molecule has 1 saturated heterocycles. The molecule has 148 valence electrons. The van der Waals surface area contributed by atoms with E-state index in [0.717, 1.165) is 6.42 Å². The normalized spacial score (nSPS) is 16.6. The standard InChI is InChI=1S/C20H23N3O4S/c1-14-7-3-4-11-18(14)28(26,27)22-16-9-5-8-15(13-16)20(25)23-12-6-10-17(23)19(24)21-2/h3-5,7-9,11,13,17,22H,6,10,12H2,1-2H3,(H,21,24). The molecule has 7 nitrogen and oxygen atoms in total. The molecule has 2 amide bonds. The van der Waals surface area contributed by atoms with Gasteiger partial charge in [-0.05, 0) is 49.6 Å². The Labute approximate surface area is 164 Å². The fourth-order valence-corrected chi connectivity index (χ4v) is 4.70. The Hall–Kier alpha value is -2.87. The summed E-state index contributed by atoms with van der Waals surface area (Å²) in [5.74, 6) is -0.481. The number of carbonyl (C=O) groups excluding carboxylic acids is 2. The summed E-state index contributed by atoms with van der Waals surface area (Å²) in [4.78, 5) is 26.6. The highest BCUT2D eigenvalue weighted by Crippen LogP contribution is 2.23. The SMILES string of the molecule is CNC(=O)C1CCCN1C(=O)c1cccc(NS(=O)(=O)c2ccccc2C)c1. The lowest BCUT2D eigenvalue weighted by atomic mass is 10.1. The lowest BCUT2D eigenvalue weighted by molar-refractivity contribution is -0.124. The third-order valence-electron chi connectivity index (χ3n) is 4.81. The van der Waals surface area contributed by atoms with Gasteiger partial charge in [0.25, 0.3) is 15.9 Å². The van der Waals surface area contributed by atoms with Crippen LogP contribution in [-0.4, -0.2) is 44.8 Å². The van der Waals surface area contributed by atoms with Crippen LogP contribution < -0.4 is 10.0 Å². The molecular weight excluding hydrogens is 378 g/mol. The summed E-state index contributed by atoms with van der Waals surface area (Å²) in [6.07, 6.45) is 1.37. The van der Waals surface area contributed by atoms with Crippen LogP contribution in [0.5, 0.6) is 0 Å². The Bertz CT molecular complexity index is 1000. The number of anilines is 1. The summed E-state index contributed by atoms with van der Waals surface area (Å²) in [5, 5.41) is 2.58. The highest BCUT2D eigenvalue weighted by Gasteiger charge is 2.34. The van der Waals surface area contributed by atoms with Gasteiger partial charge in [-0.1, -0.05) is 24.3 Å². The van der Waals surface area contributed by atoms with E-state index in [4.69, 9.17) is 0 Å². The van der Waals surface area contributed by atoms with Gasteiger partial charge in [0, 0.05) is 24.8 Å². The highest BCUT2D eigenvalue weighted by atomic mass is 32.2. The van der Waals surface area contributed by atoms with Gasteiger partial charge in [-0.3, -0.25) is 14.3 Å². The lowest BCUT2D eigenvalue weighted by Gasteiger charge is -2.23. The van der Waals surface area contributed by atoms with Gasteiger partial charge in [0.05, 0.1) is 4.90 Å². The largest absolute Gasteiger partial charge is 0.357 e. The average Bonchev–Trinajstić information content (AvgIpc) is 3.16. The number of benzene rings is 2. The van der Waals surface area contributed by atoms with Gasteiger partial charge in [0.2, 0.25) is 5.91 Å². The predicted molar refractivity (Wildman–Crippen MR) is 107 cm³/mol. The second-order valence-corrected chi connectivity index (χ2v) is 8.37. The van der Waals surface area contributed by atoms with Crippen LogP contribution >= 0.6 is 0 Å². The van der Waals surface area contributed by atoms with Gasteiger partial charge in [-0.15, -0.1) is 0 Å². The summed E-state index contributed by atoms with van der Waals surface area (Å²) in [6.45, 7) is 2.22. The number of carbonyl (C=O) groups is 2. The molecule has 0 aliphatic carbocycles. The summed E-state index contributed by atoms with van der Waals surface area (Å²) in [7, 11) is -2.23. The van der Waals surface area contributed by atoms with Crippen LogP contribution in [0.25, 0.3) is 0 Å². The number of amides is 2. The molecule has 3 rings (SSSR count). The molecule has 8 heteroatoms. The zero-order valence-corrected chi connectivity index (χ0v) is 16.6. The van der Waals surface area contributed by atoms with Crippen LogP contribution in [0.3, 0.4) is 0 Å². The first-order chi connectivity index (χ1) is 13.3. The van der Waals surface area contributed by atoms with E-state index in [0.29, 0.717) is 29.8 Å². The number of hydrogen-bond acceptors (Lipinski definition) is 4. The second-order valence-electron chi connectivity index (χ2n) is 6.72. The smallest absolute Gasteiger partial charge is 0.262 e. The lowest BCUT2D eigenvalue weighted by Crippen LogP contribution is -2.44. The quantitative estimate of drug-likeness (QED) is 0.802. The van der Waals surface area contributed by atoms with E-state index in [1.807, 2.05) is 0 Å². The van der Waals surface area contributed by atoms with Crippen molar-refractivity contribution >= 4 is 27.5 Å². The third-order valence-corrected chi connectivity index (χ3v) is 6.35. The molecule has 1 aliphatic heterocycles. The Kier molecular flexibility index (Phi) is 5.69. The molecule has 0 bridgehead atoms. The van der Waals surface area contributed by atoms with E-state index >= 15 is 0 Å². The monoisotopic (exact) mass is 401 g/mol. The van der Waals surface area contributed by atoms with E-state index in [1.165, 1.54) is 17.0 Å². The predicted octanol–water partition coefficient (Wildman–Crippen LogP) is 2.15. The molecule has 2 N–H and O–H groups in total. The van der Waals surface area contributed by atoms with Gasteiger partial charge in [0.15, 0.2) is 0 Å². The van der Waals surface area contributed by atoms with Crippen molar-refractivity contribution in [1.82, 2.24) is 10.2 Å². The van der Waals surface area contributed by atoms with Gasteiger partial charge in [-0.25, -0.2) is 8.42 Å². The van der Waals surface area contributed by atoms with Crippen molar-refractivity contribution in [3.8, 4) is 0 Å². The molecule has 1 heterocycles. The molecule has 0 radical (unpaired) electrons. The van der Waals surface area contributed by atoms with Crippen molar-refractivity contribution in [2.75, 3.05) is 18.3 Å². The first-order valence-corrected chi connectivity index (χ1v) is 10.5. The zero-order valence-electron chi connectivity index (χ0n) is 15.8. The summed E-state index contributed by atoms with van der Waals surface area (Å²) in [5.41, 5.74) is 1.26. The van der Waals surface area contributed by atoms with Crippen LogP contribution in [0.2, 0.25) is 0 Å². The Morgan fingerprint density at radius 1 is 1.11 bits per heavy atom. The number of rotatable bonds is 5. The number of likely N-dealkylation sites (tertiary alicyclic amines) is 1. The first kappa shape index (κ1) is 19.9. The van der Waals surface area contributed by atoms with Gasteiger partial charge < -0.3 is 10.2 Å². The number of hydrogen-bond donors (Lipinski definition) is 2. The van der Waals surface area contributed by atoms with Gasteiger partial charge >= 0.3 is 0 Å². The van der Waals surface area contributed by atoms with Crippen molar-refractivity contribution < 1.29 is 18.0 Å². The molecule has 1 atom stereocenters. The average molecular weight is 401 g/mol. The van der Waals surface area contributed by atoms with E-state index in [1.54, 1.807) is 50.4 Å². The fourth-order valence-electron chi connectivity index (χ4n) is 3.40. The van der Waals surface area contributed by atoms with E-state index in [2.05, 4.69) is 10.0 Å². The van der Waals surface area contributed by atoms with Crippen LogP contribution in [0.4, 0.5) is 5.69 Å². The second kappa shape index (κ2) is 8.02. The van der Waals surface area contributed by atoms with Crippen LogP contribution in [0.15, 0.2) is 53.4 Å².